The molecule has 8 heteroatoms. The van der Waals surface area contributed by atoms with Gasteiger partial charge in [0.2, 0.25) is 0 Å². The van der Waals surface area contributed by atoms with Crippen LogP contribution in [-0.2, 0) is 4.74 Å². The van der Waals surface area contributed by atoms with E-state index in [1.165, 1.54) is 0 Å². The number of hydrogen-bond acceptors (Lipinski definition) is 5. The zero-order chi connectivity index (χ0) is 16.2. The first-order chi connectivity index (χ1) is 9.68. The van der Waals surface area contributed by atoms with Crippen LogP contribution in [0.2, 0.25) is 0 Å². The molecule has 1 rings (SSSR count). The van der Waals surface area contributed by atoms with E-state index in [0.717, 1.165) is 6.07 Å². The van der Waals surface area contributed by atoms with E-state index in [9.17, 15) is 19.3 Å². The first kappa shape index (κ1) is 16.8. The summed E-state index contributed by atoms with van der Waals surface area (Å²) in [5, 5.41) is 22.4. The fraction of sp³-hybridized carbons (Fsp3) is 0.462. The number of hydrogen-bond donors (Lipinski definition) is 2. The summed E-state index contributed by atoms with van der Waals surface area (Å²) in [5.41, 5.74) is -2.06. The molecule has 0 spiro atoms. The van der Waals surface area contributed by atoms with Crippen molar-refractivity contribution >= 4 is 17.3 Å². The molecule has 21 heavy (non-hydrogen) atoms. The second kappa shape index (κ2) is 6.49. The first-order valence-electron chi connectivity index (χ1n) is 6.27. The molecule has 0 aromatic heterocycles. The Morgan fingerprint density at radius 2 is 2.14 bits per heavy atom. The van der Waals surface area contributed by atoms with Gasteiger partial charge in [-0.25, -0.2) is 9.18 Å². The van der Waals surface area contributed by atoms with Crippen molar-refractivity contribution in [2.45, 2.75) is 26.4 Å². The maximum absolute atomic E-state index is 13.8. The van der Waals surface area contributed by atoms with Crippen LogP contribution in [0, 0.1) is 15.9 Å². The van der Waals surface area contributed by atoms with Crippen LogP contribution in [-0.4, -0.2) is 34.8 Å². The number of carbonyl (C=O) groups is 1. The minimum absolute atomic E-state index is 0.120. The number of ether oxygens (including phenoxy) is 1. The number of nitro benzene ring substituents is 1. The third-order valence-electron chi connectivity index (χ3n) is 2.75. The largest absolute Gasteiger partial charge is 0.477 e. The molecule has 1 aromatic rings. The topological polar surface area (TPSA) is 102 Å². The molecule has 2 N–H and O–H groups in total. The summed E-state index contributed by atoms with van der Waals surface area (Å²) < 4.78 is 19.2. The summed E-state index contributed by atoms with van der Waals surface area (Å²) in [4.78, 5) is 20.8. The summed E-state index contributed by atoms with van der Waals surface area (Å²) in [6, 6.07) is 1.51. The third kappa shape index (κ3) is 4.38. The molecule has 7 nitrogen and oxygen atoms in total. The number of rotatable bonds is 7. The van der Waals surface area contributed by atoms with Gasteiger partial charge in [0.05, 0.1) is 22.3 Å². The van der Waals surface area contributed by atoms with Gasteiger partial charge in [-0.3, -0.25) is 10.1 Å². The van der Waals surface area contributed by atoms with Gasteiger partial charge < -0.3 is 15.2 Å². The lowest BCUT2D eigenvalue weighted by atomic mass is 10.1. The van der Waals surface area contributed by atoms with E-state index in [4.69, 9.17) is 9.84 Å². The number of benzene rings is 1. The SMILES string of the molecule is CCOC(C)(C)CNc1cc(C(=O)O)c([N+](=O)[O-])cc1F. The lowest BCUT2D eigenvalue weighted by Crippen LogP contribution is -2.33. The summed E-state index contributed by atoms with van der Waals surface area (Å²) >= 11 is 0. The molecule has 1 aromatic carbocycles. The van der Waals surface area contributed by atoms with Crippen molar-refractivity contribution in [3.8, 4) is 0 Å². The number of carboxylic acid groups (broad SMARTS) is 1. The van der Waals surface area contributed by atoms with Crippen LogP contribution in [0.5, 0.6) is 0 Å². The highest BCUT2D eigenvalue weighted by atomic mass is 19.1. The van der Waals surface area contributed by atoms with Crippen molar-refractivity contribution in [1.29, 1.82) is 0 Å². The number of nitrogens with one attached hydrogen (secondary N) is 1. The molecule has 0 saturated heterocycles. The highest BCUT2D eigenvalue weighted by Gasteiger charge is 2.24. The van der Waals surface area contributed by atoms with Crippen molar-refractivity contribution in [3.63, 3.8) is 0 Å². The number of halogens is 1. The van der Waals surface area contributed by atoms with E-state index >= 15 is 0 Å². The number of carboxylic acids is 1. The van der Waals surface area contributed by atoms with Gasteiger partial charge in [-0.2, -0.15) is 0 Å². The normalized spacial score (nSPS) is 11.2. The number of nitro groups is 1. The molecule has 0 atom stereocenters. The molecule has 0 aliphatic rings. The van der Waals surface area contributed by atoms with Gasteiger partial charge >= 0.3 is 5.97 Å². The summed E-state index contributed by atoms with van der Waals surface area (Å²) in [6.45, 7) is 6.07. The fourth-order valence-corrected chi connectivity index (χ4v) is 1.77. The van der Waals surface area contributed by atoms with E-state index in [1.807, 2.05) is 6.92 Å². The smallest absolute Gasteiger partial charge is 0.342 e. The average molecular weight is 300 g/mol. The Morgan fingerprint density at radius 3 is 2.62 bits per heavy atom. The Bertz CT molecular complexity index is 560. The highest BCUT2D eigenvalue weighted by molar-refractivity contribution is 5.93. The molecule has 0 aliphatic heterocycles. The maximum Gasteiger partial charge on any atom is 0.342 e. The van der Waals surface area contributed by atoms with Gasteiger partial charge in [-0.05, 0) is 26.8 Å². The molecule has 0 unspecified atom stereocenters. The van der Waals surface area contributed by atoms with Crippen molar-refractivity contribution < 1.29 is 24.0 Å². The Kier molecular flexibility index (Phi) is 5.20. The minimum Gasteiger partial charge on any atom is -0.477 e. The molecular weight excluding hydrogens is 283 g/mol. The third-order valence-corrected chi connectivity index (χ3v) is 2.75. The van der Waals surface area contributed by atoms with Crippen molar-refractivity contribution in [2.75, 3.05) is 18.5 Å². The second-order valence-electron chi connectivity index (χ2n) is 4.96. The van der Waals surface area contributed by atoms with Crippen LogP contribution >= 0.6 is 0 Å². The lowest BCUT2D eigenvalue weighted by Gasteiger charge is -2.25. The first-order valence-corrected chi connectivity index (χ1v) is 6.27. The fourth-order valence-electron chi connectivity index (χ4n) is 1.77. The number of nitrogens with zero attached hydrogens (tertiary/aromatic N) is 1. The minimum atomic E-state index is -1.49. The standard InChI is InChI=1S/C13H17FN2O5/c1-4-21-13(2,3)7-15-10-5-8(12(17)18)11(16(19)20)6-9(10)14/h5-6,15H,4,7H2,1-3H3,(H,17,18). The van der Waals surface area contributed by atoms with E-state index in [2.05, 4.69) is 5.32 Å². The van der Waals surface area contributed by atoms with Crippen molar-refractivity contribution in [1.82, 2.24) is 0 Å². The monoisotopic (exact) mass is 300 g/mol. The van der Waals surface area contributed by atoms with Crippen LogP contribution in [0.1, 0.15) is 31.1 Å². The van der Waals surface area contributed by atoms with E-state index < -0.39 is 33.6 Å². The Balaban J connectivity index is 3.07. The Labute approximate surface area is 120 Å². The summed E-state index contributed by atoms with van der Waals surface area (Å²) in [6.07, 6.45) is 0. The molecule has 0 aliphatic carbocycles. The van der Waals surface area contributed by atoms with Crippen LogP contribution in [0.15, 0.2) is 12.1 Å². The van der Waals surface area contributed by atoms with Gasteiger partial charge in [-0.15, -0.1) is 0 Å². The predicted octanol–water partition coefficient (Wildman–Crippen LogP) is 2.66. The van der Waals surface area contributed by atoms with Crippen LogP contribution in [0.4, 0.5) is 15.8 Å². The van der Waals surface area contributed by atoms with Crippen molar-refractivity contribution in [3.05, 3.63) is 33.6 Å². The van der Waals surface area contributed by atoms with E-state index in [0.29, 0.717) is 12.7 Å². The van der Waals surface area contributed by atoms with E-state index in [-0.39, 0.29) is 12.2 Å². The summed E-state index contributed by atoms with van der Waals surface area (Å²) in [7, 11) is 0. The molecular formula is C13H17FN2O5. The quantitative estimate of drug-likeness (QED) is 0.593. The lowest BCUT2D eigenvalue weighted by molar-refractivity contribution is -0.385. The average Bonchev–Trinajstić information content (AvgIpc) is 2.36. The molecule has 116 valence electrons. The van der Waals surface area contributed by atoms with Crippen LogP contribution in [0.25, 0.3) is 0 Å². The van der Waals surface area contributed by atoms with Gasteiger partial charge in [0.25, 0.3) is 5.69 Å². The molecule has 0 radical (unpaired) electrons. The molecule has 0 bridgehead atoms. The predicted molar refractivity (Wildman–Crippen MR) is 74.2 cm³/mol. The molecule has 0 saturated carbocycles. The van der Waals surface area contributed by atoms with Crippen LogP contribution < -0.4 is 5.32 Å². The molecule has 0 amide bonds. The van der Waals surface area contributed by atoms with Gasteiger partial charge in [-0.1, -0.05) is 0 Å². The summed E-state index contributed by atoms with van der Waals surface area (Å²) in [5.74, 6) is -2.38. The zero-order valence-corrected chi connectivity index (χ0v) is 12.0. The van der Waals surface area contributed by atoms with Crippen LogP contribution in [0.3, 0.4) is 0 Å². The number of aromatic carboxylic acids is 1. The highest BCUT2D eigenvalue weighted by Crippen LogP contribution is 2.26. The second-order valence-corrected chi connectivity index (χ2v) is 4.96. The Morgan fingerprint density at radius 1 is 1.52 bits per heavy atom. The van der Waals surface area contributed by atoms with Gasteiger partial charge in [0, 0.05) is 13.2 Å². The maximum atomic E-state index is 13.8. The van der Waals surface area contributed by atoms with Crippen molar-refractivity contribution in [2.24, 2.45) is 0 Å². The Hall–Kier alpha value is -2.22. The molecule has 0 fully saturated rings. The van der Waals surface area contributed by atoms with E-state index in [1.54, 1.807) is 13.8 Å². The zero-order valence-electron chi connectivity index (χ0n) is 12.0. The number of anilines is 1. The molecule has 0 heterocycles. The van der Waals surface area contributed by atoms with Gasteiger partial charge in [0.15, 0.2) is 5.82 Å². The van der Waals surface area contributed by atoms with Gasteiger partial charge in [0.1, 0.15) is 5.56 Å².